The minimum absolute atomic E-state index is 0.0511. The first kappa shape index (κ1) is 20.4. The zero-order valence-electron chi connectivity index (χ0n) is 15.9. The van der Waals surface area contributed by atoms with E-state index in [1.54, 1.807) is 6.08 Å². The van der Waals surface area contributed by atoms with Crippen LogP contribution in [-0.4, -0.2) is 21.4 Å². The molecule has 0 saturated heterocycles. The lowest BCUT2D eigenvalue weighted by molar-refractivity contribution is -0.137. The Bertz CT molecular complexity index is 1040. The number of halogens is 3. The van der Waals surface area contributed by atoms with Gasteiger partial charge in [-0.05, 0) is 49.8 Å². The van der Waals surface area contributed by atoms with Gasteiger partial charge < -0.3 is 14.5 Å². The molecule has 0 fully saturated rings. The molecule has 8 heteroatoms. The number of nitrogens with zero attached hydrogens (tertiary/aromatic N) is 2. The highest BCUT2D eigenvalue weighted by molar-refractivity contribution is 5.91. The maximum Gasteiger partial charge on any atom is 0.417 e. The molecule has 0 atom stereocenters. The van der Waals surface area contributed by atoms with Gasteiger partial charge in [0.05, 0.1) is 23.9 Å². The molecule has 0 unspecified atom stereocenters. The van der Waals surface area contributed by atoms with Crippen molar-refractivity contribution in [3.63, 3.8) is 0 Å². The zero-order chi connectivity index (χ0) is 21.0. The molecule has 29 heavy (non-hydrogen) atoms. The normalized spacial score (nSPS) is 12.1. The predicted molar refractivity (Wildman–Crippen MR) is 103 cm³/mol. The van der Waals surface area contributed by atoms with Crippen LogP contribution in [-0.2, 0) is 17.5 Å². The number of fused-ring (bicyclic) bond motifs is 1. The molecule has 3 aromatic rings. The number of hydrogen-bond donors (Lipinski definition) is 1. The SMILES string of the molecule is CC(C)Oc1cccc(/C=C/C(=O)NCc2cn3cc(C(F)(F)F)ccc3n2)c1. The van der Waals surface area contributed by atoms with Gasteiger partial charge in [-0.1, -0.05) is 12.1 Å². The number of aromatic nitrogens is 2. The van der Waals surface area contributed by atoms with Gasteiger partial charge in [-0.25, -0.2) is 4.98 Å². The summed E-state index contributed by atoms with van der Waals surface area (Å²) >= 11 is 0. The van der Waals surface area contributed by atoms with Crippen LogP contribution in [0.5, 0.6) is 5.75 Å². The molecule has 0 aliphatic carbocycles. The molecule has 0 aliphatic rings. The Morgan fingerprint density at radius 2 is 2.03 bits per heavy atom. The van der Waals surface area contributed by atoms with E-state index >= 15 is 0 Å². The van der Waals surface area contributed by atoms with Crippen LogP contribution in [0.1, 0.15) is 30.7 Å². The summed E-state index contributed by atoms with van der Waals surface area (Å²) in [6.45, 7) is 3.96. The molecule has 0 bridgehead atoms. The van der Waals surface area contributed by atoms with Gasteiger partial charge in [0.15, 0.2) is 0 Å². The third-order valence-corrected chi connectivity index (χ3v) is 3.93. The summed E-state index contributed by atoms with van der Waals surface area (Å²) in [6.07, 6.45) is 1.10. The Labute approximate surface area is 165 Å². The van der Waals surface area contributed by atoms with Gasteiger partial charge in [0, 0.05) is 18.5 Å². The lowest BCUT2D eigenvalue weighted by Crippen LogP contribution is -2.20. The number of alkyl halides is 3. The smallest absolute Gasteiger partial charge is 0.417 e. The summed E-state index contributed by atoms with van der Waals surface area (Å²) in [5, 5.41) is 2.67. The molecule has 1 N–H and O–H groups in total. The van der Waals surface area contributed by atoms with Crippen LogP contribution in [0.25, 0.3) is 11.7 Å². The minimum Gasteiger partial charge on any atom is -0.491 e. The number of benzene rings is 1. The van der Waals surface area contributed by atoms with Gasteiger partial charge in [0.25, 0.3) is 0 Å². The number of carbonyl (C=O) groups excluding carboxylic acids is 1. The van der Waals surface area contributed by atoms with Crippen molar-refractivity contribution < 1.29 is 22.7 Å². The maximum atomic E-state index is 12.8. The Kier molecular flexibility index (Phi) is 5.91. The first-order valence-corrected chi connectivity index (χ1v) is 8.98. The van der Waals surface area contributed by atoms with Crippen molar-refractivity contribution >= 4 is 17.6 Å². The highest BCUT2D eigenvalue weighted by atomic mass is 19.4. The maximum absolute atomic E-state index is 12.8. The Balaban J connectivity index is 1.61. The summed E-state index contributed by atoms with van der Waals surface area (Å²) in [7, 11) is 0. The summed E-state index contributed by atoms with van der Waals surface area (Å²) in [5.41, 5.74) is 0.883. The second-order valence-corrected chi connectivity index (χ2v) is 6.70. The molecule has 0 saturated carbocycles. The monoisotopic (exact) mass is 403 g/mol. The molecule has 0 aliphatic heterocycles. The first-order chi connectivity index (χ1) is 13.7. The topological polar surface area (TPSA) is 55.6 Å². The van der Waals surface area contributed by atoms with E-state index in [1.165, 1.54) is 22.7 Å². The number of ether oxygens (including phenoxy) is 1. The minimum atomic E-state index is -4.42. The van der Waals surface area contributed by atoms with E-state index in [9.17, 15) is 18.0 Å². The van der Waals surface area contributed by atoms with E-state index in [0.717, 1.165) is 17.8 Å². The van der Waals surface area contributed by atoms with Crippen LogP contribution in [0, 0.1) is 0 Å². The van der Waals surface area contributed by atoms with E-state index in [-0.39, 0.29) is 18.6 Å². The third-order valence-electron chi connectivity index (χ3n) is 3.93. The molecule has 2 aromatic heterocycles. The average Bonchev–Trinajstić information content (AvgIpc) is 3.06. The molecular weight excluding hydrogens is 383 g/mol. The van der Waals surface area contributed by atoms with Crippen LogP contribution in [0.15, 0.2) is 54.9 Å². The van der Waals surface area contributed by atoms with Gasteiger partial charge in [0.2, 0.25) is 5.91 Å². The van der Waals surface area contributed by atoms with Crippen molar-refractivity contribution in [1.82, 2.24) is 14.7 Å². The molecular formula is C21H20F3N3O2. The molecule has 2 heterocycles. The lowest BCUT2D eigenvalue weighted by Gasteiger charge is -2.09. The van der Waals surface area contributed by atoms with Crippen molar-refractivity contribution in [1.29, 1.82) is 0 Å². The zero-order valence-corrected chi connectivity index (χ0v) is 15.9. The Hall–Kier alpha value is -3.29. The summed E-state index contributed by atoms with van der Waals surface area (Å²) in [5.74, 6) is 0.374. The lowest BCUT2D eigenvalue weighted by atomic mass is 10.2. The summed E-state index contributed by atoms with van der Waals surface area (Å²) < 4.78 is 45.2. The van der Waals surface area contributed by atoms with Crippen LogP contribution >= 0.6 is 0 Å². The fourth-order valence-corrected chi connectivity index (χ4v) is 2.67. The number of amides is 1. The van der Waals surface area contributed by atoms with Crippen molar-refractivity contribution in [2.75, 3.05) is 0 Å². The highest BCUT2D eigenvalue weighted by Crippen LogP contribution is 2.29. The fraction of sp³-hybridized carbons (Fsp3) is 0.238. The van der Waals surface area contributed by atoms with E-state index in [4.69, 9.17) is 4.74 Å². The standard InChI is InChI=1S/C21H20F3N3O2/c1-14(2)29-18-5-3-4-15(10-18)6-9-20(28)25-11-17-13-27-12-16(21(22,23)24)7-8-19(27)26-17/h3-10,12-14H,11H2,1-2H3,(H,25,28)/b9-6+. The van der Waals surface area contributed by atoms with Crippen LogP contribution < -0.4 is 10.1 Å². The van der Waals surface area contributed by atoms with E-state index in [2.05, 4.69) is 10.3 Å². The average molecular weight is 403 g/mol. The fourth-order valence-electron chi connectivity index (χ4n) is 2.67. The summed E-state index contributed by atoms with van der Waals surface area (Å²) in [4.78, 5) is 16.2. The highest BCUT2D eigenvalue weighted by Gasteiger charge is 2.30. The number of nitrogens with one attached hydrogen (secondary N) is 1. The van der Waals surface area contributed by atoms with Crippen molar-refractivity contribution in [3.8, 4) is 5.75 Å². The first-order valence-electron chi connectivity index (χ1n) is 8.98. The molecule has 5 nitrogen and oxygen atoms in total. The van der Waals surface area contributed by atoms with Crippen LogP contribution in [0.3, 0.4) is 0 Å². The van der Waals surface area contributed by atoms with Gasteiger partial charge in [-0.3, -0.25) is 4.79 Å². The summed E-state index contributed by atoms with van der Waals surface area (Å²) in [6, 6.07) is 9.61. The molecule has 1 aromatic carbocycles. The van der Waals surface area contributed by atoms with Gasteiger partial charge in [0.1, 0.15) is 11.4 Å². The number of carbonyl (C=O) groups is 1. The molecule has 3 rings (SSSR count). The molecule has 152 valence electrons. The van der Waals surface area contributed by atoms with Crippen LogP contribution in [0.4, 0.5) is 13.2 Å². The molecule has 1 amide bonds. The van der Waals surface area contributed by atoms with Crippen LogP contribution in [0.2, 0.25) is 0 Å². The third kappa shape index (κ3) is 5.60. The van der Waals surface area contributed by atoms with Gasteiger partial charge >= 0.3 is 6.18 Å². The van der Waals surface area contributed by atoms with E-state index in [0.29, 0.717) is 17.1 Å². The Morgan fingerprint density at radius 3 is 2.76 bits per heavy atom. The molecule has 0 spiro atoms. The predicted octanol–water partition coefficient (Wildman–Crippen LogP) is 4.47. The van der Waals surface area contributed by atoms with E-state index < -0.39 is 11.7 Å². The second-order valence-electron chi connectivity index (χ2n) is 6.70. The second kappa shape index (κ2) is 8.38. The quantitative estimate of drug-likeness (QED) is 0.618. The number of pyridine rings is 1. The van der Waals surface area contributed by atoms with Gasteiger partial charge in [-0.2, -0.15) is 13.2 Å². The van der Waals surface area contributed by atoms with Crippen molar-refractivity contribution in [2.24, 2.45) is 0 Å². The van der Waals surface area contributed by atoms with E-state index in [1.807, 2.05) is 38.1 Å². The van der Waals surface area contributed by atoms with Crippen molar-refractivity contribution in [3.05, 3.63) is 71.7 Å². The Morgan fingerprint density at radius 1 is 1.24 bits per heavy atom. The molecule has 0 radical (unpaired) electrons. The largest absolute Gasteiger partial charge is 0.491 e. The number of hydrogen-bond acceptors (Lipinski definition) is 3. The number of imidazole rings is 1. The van der Waals surface area contributed by atoms with Crippen molar-refractivity contribution in [2.45, 2.75) is 32.7 Å². The van der Waals surface area contributed by atoms with Gasteiger partial charge in [-0.15, -0.1) is 0 Å². The number of rotatable bonds is 6.